The molecule has 0 fully saturated rings. The first-order valence-corrected chi connectivity index (χ1v) is 12.0. The number of carbonyl (C=O) groups is 1. The van der Waals surface area contributed by atoms with Crippen LogP contribution in [0.2, 0.25) is 0 Å². The Kier molecular flexibility index (Phi) is 6.73. The minimum absolute atomic E-state index is 0.00480. The number of hydrogen-bond donors (Lipinski definition) is 5. The van der Waals surface area contributed by atoms with Crippen molar-refractivity contribution in [2.75, 3.05) is 12.9 Å². The Morgan fingerprint density at radius 2 is 1.86 bits per heavy atom. The van der Waals surface area contributed by atoms with Gasteiger partial charge in [0.2, 0.25) is 5.96 Å². The van der Waals surface area contributed by atoms with Crippen LogP contribution in [0.4, 0.5) is 0 Å². The van der Waals surface area contributed by atoms with Gasteiger partial charge in [-0.2, -0.15) is 14.3 Å². The van der Waals surface area contributed by atoms with E-state index < -0.39 is 47.6 Å². The molecule has 28 heavy (non-hydrogen) atoms. The Morgan fingerprint density at radius 1 is 1.21 bits per heavy atom. The maximum atomic E-state index is 11.8. The summed E-state index contributed by atoms with van der Waals surface area (Å²) in [5.74, 6) is -0.671. The lowest BCUT2D eigenvalue weighted by Gasteiger charge is -2.24. The van der Waals surface area contributed by atoms with Crippen molar-refractivity contribution in [3.8, 4) is 0 Å². The number of amides is 1. The van der Waals surface area contributed by atoms with Crippen LogP contribution in [0, 0.1) is 0 Å². The van der Waals surface area contributed by atoms with E-state index in [4.69, 9.17) is 25.2 Å². The largest absolute Gasteiger partial charge is 0.488 e. The van der Waals surface area contributed by atoms with Gasteiger partial charge in [0.25, 0.3) is 5.91 Å². The van der Waals surface area contributed by atoms with E-state index in [1.54, 1.807) is 0 Å². The summed E-state index contributed by atoms with van der Waals surface area (Å²) in [6.07, 6.45) is -0.639. The van der Waals surface area contributed by atoms with Crippen LogP contribution in [0.15, 0.2) is 15.0 Å². The van der Waals surface area contributed by atoms with Crippen LogP contribution >= 0.6 is 23.2 Å². The van der Waals surface area contributed by atoms with Crippen molar-refractivity contribution >= 4 is 47.3 Å². The molecule has 4 atom stereocenters. The van der Waals surface area contributed by atoms with Gasteiger partial charge in [-0.1, -0.05) is 0 Å². The molecule has 0 aliphatic carbocycles. The SMILES string of the molecule is CC(CN1C=NC2C(=O)N=C(N)N=C21)OCP(=O)(O)OP(=O)(O)OP(=O)(O)O. The van der Waals surface area contributed by atoms with Gasteiger partial charge in [0.15, 0.2) is 6.04 Å². The van der Waals surface area contributed by atoms with Crippen LogP contribution in [0.1, 0.15) is 6.92 Å². The van der Waals surface area contributed by atoms with E-state index in [1.165, 1.54) is 18.2 Å². The Morgan fingerprint density at radius 3 is 2.46 bits per heavy atom. The van der Waals surface area contributed by atoms with E-state index in [0.29, 0.717) is 0 Å². The molecular formula is C9H16N5O11P3. The summed E-state index contributed by atoms with van der Waals surface area (Å²) >= 11 is 0. The molecule has 0 aromatic rings. The van der Waals surface area contributed by atoms with Gasteiger partial charge in [-0.15, -0.1) is 0 Å². The lowest BCUT2D eigenvalue weighted by atomic mass is 10.2. The Hall–Kier alpha value is -1.31. The number of ether oxygens (including phenoxy) is 1. The summed E-state index contributed by atoms with van der Waals surface area (Å²) in [5.41, 5.74) is 5.42. The number of rotatable bonds is 9. The fourth-order valence-electron chi connectivity index (χ4n) is 2.07. The monoisotopic (exact) mass is 463 g/mol. The molecular weight excluding hydrogens is 447 g/mol. The molecule has 0 bridgehead atoms. The molecule has 2 aliphatic heterocycles. The van der Waals surface area contributed by atoms with Crippen molar-refractivity contribution in [1.29, 1.82) is 0 Å². The van der Waals surface area contributed by atoms with E-state index in [0.717, 1.165) is 0 Å². The van der Waals surface area contributed by atoms with Gasteiger partial charge in [-0.3, -0.25) is 14.4 Å². The second-order valence-electron chi connectivity index (χ2n) is 5.46. The molecule has 16 nitrogen and oxygen atoms in total. The predicted molar refractivity (Wildman–Crippen MR) is 92.3 cm³/mol. The quantitative estimate of drug-likeness (QED) is 0.251. The zero-order valence-corrected chi connectivity index (χ0v) is 16.7. The highest BCUT2D eigenvalue weighted by molar-refractivity contribution is 7.68. The molecule has 2 aliphatic rings. The number of aliphatic imine (C=N–C) groups is 3. The van der Waals surface area contributed by atoms with Crippen LogP contribution in [0.3, 0.4) is 0 Å². The maximum Gasteiger partial charge on any atom is 0.488 e. The van der Waals surface area contributed by atoms with Gasteiger partial charge in [0, 0.05) is 0 Å². The minimum atomic E-state index is -5.53. The van der Waals surface area contributed by atoms with Crippen LogP contribution < -0.4 is 5.73 Å². The topological polar surface area (TPSA) is 243 Å². The Balaban J connectivity index is 1.91. The fraction of sp³-hybridized carbons (Fsp3) is 0.556. The summed E-state index contributed by atoms with van der Waals surface area (Å²) in [5, 5.41) is 0. The highest BCUT2D eigenvalue weighted by Gasteiger charge is 2.40. The molecule has 6 N–H and O–H groups in total. The van der Waals surface area contributed by atoms with Crippen LogP contribution in [0.25, 0.3) is 0 Å². The van der Waals surface area contributed by atoms with Gasteiger partial charge < -0.3 is 34.9 Å². The minimum Gasteiger partial charge on any atom is -0.368 e. The average molecular weight is 463 g/mol. The van der Waals surface area contributed by atoms with Gasteiger partial charge in [-0.25, -0.2) is 13.4 Å². The highest BCUT2D eigenvalue weighted by Crippen LogP contribution is 2.65. The number of hydrogen-bond acceptors (Lipinski definition) is 11. The predicted octanol–water partition coefficient (Wildman–Crippen LogP) is -1.27. The molecule has 0 saturated heterocycles. The number of fused-ring (bicyclic) bond motifs is 1. The summed E-state index contributed by atoms with van der Waals surface area (Å²) in [6.45, 7) is 1.45. The van der Waals surface area contributed by atoms with Crippen molar-refractivity contribution < 1.29 is 51.4 Å². The molecule has 19 heteroatoms. The number of nitrogens with zero attached hydrogens (tertiary/aromatic N) is 4. The van der Waals surface area contributed by atoms with Crippen LogP contribution in [-0.4, -0.2) is 73.6 Å². The molecule has 0 saturated carbocycles. The lowest BCUT2D eigenvalue weighted by Crippen LogP contribution is -2.42. The molecule has 0 aromatic heterocycles. The summed E-state index contributed by atoms with van der Waals surface area (Å²) in [4.78, 5) is 59.9. The maximum absolute atomic E-state index is 11.8. The van der Waals surface area contributed by atoms with Crippen molar-refractivity contribution in [2.24, 2.45) is 20.7 Å². The van der Waals surface area contributed by atoms with E-state index in [2.05, 4.69) is 23.6 Å². The number of nitrogens with two attached hydrogens (primary N) is 1. The first kappa shape index (κ1) is 23.0. The smallest absolute Gasteiger partial charge is 0.368 e. The summed E-state index contributed by atoms with van der Waals surface area (Å²) in [7, 11) is -15.9. The second kappa shape index (κ2) is 8.20. The van der Waals surface area contributed by atoms with E-state index in [-0.39, 0.29) is 18.3 Å². The van der Waals surface area contributed by atoms with Crippen molar-refractivity contribution in [2.45, 2.75) is 19.1 Å². The van der Waals surface area contributed by atoms with Crippen molar-refractivity contribution in [1.82, 2.24) is 4.90 Å². The summed E-state index contributed by atoms with van der Waals surface area (Å²) in [6, 6.07) is -0.947. The third-order valence-electron chi connectivity index (χ3n) is 3.00. The fourth-order valence-corrected chi connectivity index (χ4v) is 5.46. The molecule has 0 aromatic carbocycles. The molecule has 4 unspecified atom stereocenters. The first-order chi connectivity index (χ1) is 12.7. The van der Waals surface area contributed by atoms with E-state index in [9.17, 15) is 23.4 Å². The molecule has 1 amide bonds. The highest BCUT2D eigenvalue weighted by atomic mass is 31.3. The van der Waals surface area contributed by atoms with E-state index in [1.807, 2.05) is 0 Å². The van der Waals surface area contributed by atoms with Crippen molar-refractivity contribution in [3.05, 3.63) is 0 Å². The average Bonchev–Trinajstić information content (AvgIpc) is 2.84. The lowest BCUT2D eigenvalue weighted by molar-refractivity contribution is -0.117. The molecule has 2 rings (SSSR count). The number of carbonyl (C=O) groups excluding carboxylic acids is 1. The Labute approximate surface area is 157 Å². The van der Waals surface area contributed by atoms with Gasteiger partial charge in [0.1, 0.15) is 12.2 Å². The van der Waals surface area contributed by atoms with Crippen LogP contribution in [-0.2, 0) is 31.8 Å². The van der Waals surface area contributed by atoms with Crippen LogP contribution in [0.5, 0.6) is 0 Å². The molecule has 158 valence electrons. The van der Waals surface area contributed by atoms with Gasteiger partial charge >= 0.3 is 23.2 Å². The second-order valence-corrected chi connectivity index (χ2v) is 10.2. The third kappa shape index (κ3) is 6.64. The number of amidine groups is 1. The molecule has 0 radical (unpaired) electrons. The first-order valence-electron chi connectivity index (χ1n) is 7.18. The van der Waals surface area contributed by atoms with Gasteiger partial charge in [0.05, 0.1) is 19.0 Å². The standard InChI is InChI=1S/C9H16N5O11P3/c1-5(2-14-3-11-6-7(14)12-9(10)13-8(6)15)23-4-26(16,17)24-28(21,22)25-27(18,19)20/h3,5-6H,2,4H2,1H3,(H,16,17)(H,21,22)(H2,10,13,15)(H2,18,19,20). The van der Waals surface area contributed by atoms with Gasteiger partial charge in [-0.05, 0) is 6.92 Å². The summed E-state index contributed by atoms with van der Waals surface area (Å²) < 4.78 is 46.0. The zero-order chi connectivity index (χ0) is 21.3. The third-order valence-corrected chi connectivity index (χ3v) is 7.00. The zero-order valence-electron chi connectivity index (χ0n) is 14.0. The Bertz CT molecular complexity index is 881. The molecule has 2 heterocycles. The number of phosphoric acid groups is 2. The molecule has 0 spiro atoms. The van der Waals surface area contributed by atoms with Crippen molar-refractivity contribution in [3.63, 3.8) is 0 Å². The van der Waals surface area contributed by atoms with E-state index >= 15 is 0 Å². The number of guanidine groups is 1. The normalized spacial score (nSPS) is 24.8.